The average molecular weight is 739 g/mol. The van der Waals surface area contributed by atoms with Crippen LogP contribution in [-0.2, 0) is 31.4 Å². The Morgan fingerprint density at radius 1 is 0.887 bits per heavy atom. The molecule has 1 atom stereocenters. The maximum absolute atomic E-state index is 14.4. The molecule has 13 nitrogen and oxygen atoms in total. The number of amides is 2. The number of benzene rings is 2. The summed E-state index contributed by atoms with van der Waals surface area (Å²) in [5, 5.41) is 11.9. The van der Waals surface area contributed by atoms with E-state index < -0.39 is 47.3 Å². The molecular weight excluding hydrogens is 700 g/mol. The van der Waals surface area contributed by atoms with Crippen molar-refractivity contribution in [1.29, 1.82) is 0 Å². The average Bonchev–Trinajstić information content (AvgIpc) is 3.75. The van der Waals surface area contributed by atoms with Gasteiger partial charge >= 0.3 is 23.9 Å². The zero-order chi connectivity index (χ0) is 38.9. The molecule has 5 rings (SSSR count). The molecule has 3 aromatic heterocycles. The van der Waals surface area contributed by atoms with Gasteiger partial charge in [-0.15, -0.1) is 10.2 Å². The van der Waals surface area contributed by atoms with Crippen LogP contribution in [0, 0.1) is 6.92 Å². The fraction of sp³-hybridized carbons (Fsp3) is 0.361. The number of rotatable bonds is 11. The number of pyridine rings is 1. The number of anilines is 1. The number of esters is 1. The van der Waals surface area contributed by atoms with Gasteiger partial charge in [-0.25, -0.2) is 19.6 Å². The number of fused-ring (bicyclic) bond motifs is 1. The molecule has 0 fully saturated rings. The second kappa shape index (κ2) is 14.6. The van der Waals surface area contributed by atoms with E-state index in [1.54, 1.807) is 20.8 Å². The minimum Gasteiger partial charge on any atom is -0.464 e. The summed E-state index contributed by atoms with van der Waals surface area (Å²) in [6.45, 7) is 11.0. The van der Waals surface area contributed by atoms with Crippen LogP contribution in [0.1, 0.15) is 63.4 Å². The summed E-state index contributed by atoms with van der Waals surface area (Å²) < 4.78 is 66.1. The van der Waals surface area contributed by atoms with Crippen molar-refractivity contribution in [3.8, 4) is 22.5 Å². The third-order valence-electron chi connectivity index (χ3n) is 7.99. The van der Waals surface area contributed by atoms with E-state index in [0.29, 0.717) is 12.8 Å². The van der Waals surface area contributed by atoms with Gasteiger partial charge in [0, 0.05) is 34.8 Å². The van der Waals surface area contributed by atoms with E-state index in [1.807, 2.05) is 56.1 Å². The lowest BCUT2D eigenvalue weighted by atomic mass is 9.99. The first-order valence-corrected chi connectivity index (χ1v) is 16.4. The van der Waals surface area contributed by atoms with Gasteiger partial charge in [0.25, 0.3) is 0 Å². The molecule has 0 aliphatic heterocycles. The molecule has 53 heavy (non-hydrogen) atoms. The van der Waals surface area contributed by atoms with Gasteiger partial charge in [-0.3, -0.25) is 4.79 Å². The van der Waals surface area contributed by atoms with E-state index in [-0.39, 0.29) is 29.4 Å². The Hall–Kier alpha value is -5.87. The minimum absolute atomic E-state index is 0.0866. The highest BCUT2D eigenvalue weighted by atomic mass is 19.3. The van der Waals surface area contributed by atoms with Crippen molar-refractivity contribution < 1.29 is 41.4 Å². The molecule has 0 aliphatic rings. The Labute approximate surface area is 301 Å². The first-order valence-electron chi connectivity index (χ1n) is 16.4. The lowest BCUT2D eigenvalue weighted by Crippen LogP contribution is -2.47. The zero-order valence-electron chi connectivity index (χ0n) is 29.9. The normalized spacial score (nSPS) is 12.8. The number of carbonyl (C=O) groups excluding carboxylic acids is 3. The van der Waals surface area contributed by atoms with Crippen molar-refractivity contribution >= 4 is 34.8 Å². The van der Waals surface area contributed by atoms with Crippen LogP contribution in [0.4, 0.5) is 28.0 Å². The smallest absolute Gasteiger partial charge is 0.412 e. The van der Waals surface area contributed by atoms with Crippen LogP contribution < -0.4 is 10.6 Å². The lowest BCUT2D eigenvalue weighted by molar-refractivity contribution is -0.233. The number of aromatic nitrogens is 6. The molecule has 17 heteroatoms. The van der Waals surface area contributed by atoms with E-state index >= 15 is 0 Å². The predicted molar refractivity (Wildman–Crippen MR) is 186 cm³/mol. The van der Waals surface area contributed by atoms with Crippen LogP contribution in [0.15, 0.2) is 54.6 Å². The van der Waals surface area contributed by atoms with Gasteiger partial charge in [-0.1, -0.05) is 38.1 Å². The highest BCUT2D eigenvalue weighted by molar-refractivity contribution is 5.97. The monoisotopic (exact) mass is 738 g/mol. The second-order valence-corrected chi connectivity index (χ2v) is 13.6. The molecule has 2 aromatic carbocycles. The second-order valence-electron chi connectivity index (χ2n) is 13.6. The number of imidazole rings is 1. The number of alkyl halides is 4. The van der Waals surface area contributed by atoms with Crippen molar-refractivity contribution in [3.63, 3.8) is 0 Å². The SMILES string of the molecule is COC(=O)C(F)(F)C(F)(F)c1nnc(-c2ccc(NC(=O)[C@H](Cc3ccc(-c4cc5[nH]c(C(C)C)nc5nc4C)cc3)NC(=O)OC(C)(C)C)cc2)[nH]1. The van der Waals surface area contributed by atoms with Gasteiger partial charge in [0.1, 0.15) is 17.5 Å². The Balaban J connectivity index is 1.32. The third-order valence-corrected chi connectivity index (χ3v) is 7.99. The van der Waals surface area contributed by atoms with E-state index in [0.717, 1.165) is 33.7 Å². The number of hydrogen-bond acceptors (Lipinski definition) is 9. The molecule has 0 saturated carbocycles. The van der Waals surface area contributed by atoms with Gasteiger partial charge in [-0.2, -0.15) is 17.6 Å². The van der Waals surface area contributed by atoms with Crippen molar-refractivity contribution in [2.45, 2.75) is 77.4 Å². The number of H-pyrrole nitrogens is 2. The molecule has 2 amide bonds. The lowest BCUT2D eigenvalue weighted by Gasteiger charge is -2.23. The summed E-state index contributed by atoms with van der Waals surface area (Å²) in [5.74, 6) is -14.1. The molecule has 280 valence electrons. The number of nitrogens with one attached hydrogen (secondary N) is 4. The number of methoxy groups -OCH3 is 1. The minimum atomic E-state index is -5.21. The summed E-state index contributed by atoms with van der Waals surface area (Å²) in [6.07, 6.45) is -0.723. The summed E-state index contributed by atoms with van der Waals surface area (Å²) in [6, 6.07) is 13.9. The molecular formula is C36H38F4N8O5. The number of hydrogen-bond donors (Lipinski definition) is 4. The van der Waals surface area contributed by atoms with Gasteiger partial charge in [0.15, 0.2) is 11.5 Å². The fourth-order valence-corrected chi connectivity index (χ4v) is 5.21. The number of carbonyl (C=O) groups is 3. The van der Waals surface area contributed by atoms with Crippen molar-refractivity contribution in [2.75, 3.05) is 12.4 Å². The highest BCUT2D eigenvalue weighted by Gasteiger charge is 2.66. The van der Waals surface area contributed by atoms with Crippen molar-refractivity contribution in [3.05, 3.63) is 77.5 Å². The quantitative estimate of drug-likeness (QED) is 0.0837. The standard InChI is InChI=1S/C36H38F4N8O5/c1-18(2)27-43-25-17-24(19(3)41-29(25)45-27)21-10-8-20(9-11-21)16-26(44-33(51)53-34(4,5)6)30(49)42-23-14-12-22(13-15-23)28-46-31(48-47-28)35(37,38)36(39,40)32(50)52-7/h8-15,17-18,26H,16H2,1-7H3,(H,42,49)(H,44,51)(H,41,43,45)(H,46,47,48)/t26-/m0/s1. The number of nitrogens with zero attached hydrogens (tertiary/aromatic N) is 4. The zero-order valence-corrected chi connectivity index (χ0v) is 29.9. The van der Waals surface area contributed by atoms with Crippen LogP contribution in [0.3, 0.4) is 0 Å². The highest BCUT2D eigenvalue weighted by Crippen LogP contribution is 2.42. The number of ether oxygens (including phenoxy) is 2. The molecule has 0 radical (unpaired) electrons. The molecule has 0 aliphatic carbocycles. The number of halogens is 4. The van der Waals surface area contributed by atoms with Gasteiger partial charge in [0.2, 0.25) is 11.7 Å². The molecule has 4 N–H and O–H groups in total. The van der Waals surface area contributed by atoms with Crippen LogP contribution in [0.25, 0.3) is 33.7 Å². The summed E-state index contributed by atoms with van der Waals surface area (Å²) in [7, 11) is 0.552. The molecule has 0 unspecified atom stereocenters. The number of alkyl carbamates (subject to hydrolysis) is 1. The molecule has 0 spiro atoms. The predicted octanol–water partition coefficient (Wildman–Crippen LogP) is 6.82. The third kappa shape index (κ3) is 8.45. The number of aryl methyl sites for hydroxylation is 1. The molecule has 3 heterocycles. The summed E-state index contributed by atoms with van der Waals surface area (Å²) in [5.41, 5.74) is 4.35. The summed E-state index contributed by atoms with van der Waals surface area (Å²) in [4.78, 5) is 52.2. The Bertz CT molecular complexity index is 2120. The molecule has 5 aromatic rings. The van der Waals surface area contributed by atoms with Crippen LogP contribution in [-0.4, -0.2) is 72.8 Å². The van der Waals surface area contributed by atoms with Crippen LogP contribution in [0.2, 0.25) is 0 Å². The van der Waals surface area contributed by atoms with Gasteiger partial charge in [-0.05, 0) is 69.2 Å². The van der Waals surface area contributed by atoms with E-state index in [4.69, 9.17) is 4.74 Å². The first-order chi connectivity index (χ1) is 24.8. The van der Waals surface area contributed by atoms with E-state index in [1.165, 1.54) is 24.3 Å². The maximum Gasteiger partial charge on any atom is 0.412 e. The summed E-state index contributed by atoms with van der Waals surface area (Å²) >= 11 is 0. The number of aromatic amines is 2. The Morgan fingerprint density at radius 3 is 2.13 bits per heavy atom. The maximum atomic E-state index is 14.4. The topological polar surface area (TPSA) is 177 Å². The Kier molecular flexibility index (Phi) is 10.6. The fourth-order valence-electron chi connectivity index (χ4n) is 5.21. The van der Waals surface area contributed by atoms with Crippen molar-refractivity contribution in [1.82, 2.24) is 35.5 Å². The van der Waals surface area contributed by atoms with Gasteiger partial charge in [0.05, 0.1) is 12.6 Å². The van der Waals surface area contributed by atoms with Crippen molar-refractivity contribution in [2.24, 2.45) is 0 Å². The van der Waals surface area contributed by atoms with Gasteiger partial charge < -0.3 is 30.1 Å². The van der Waals surface area contributed by atoms with Crippen LogP contribution >= 0.6 is 0 Å². The van der Waals surface area contributed by atoms with Crippen LogP contribution in [0.5, 0.6) is 0 Å². The first kappa shape index (κ1) is 38.4. The van der Waals surface area contributed by atoms with E-state index in [2.05, 4.69) is 40.5 Å². The Morgan fingerprint density at radius 2 is 1.53 bits per heavy atom. The molecule has 0 bridgehead atoms. The largest absolute Gasteiger partial charge is 0.464 e. The van der Waals surface area contributed by atoms with E-state index in [9.17, 15) is 31.9 Å². The molecule has 0 saturated heterocycles.